The van der Waals surface area contributed by atoms with Gasteiger partial charge in [0.2, 0.25) is 0 Å². The molecule has 1 N–H and O–H groups in total. The number of aromatic nitrogens is 2. The average Bonchev–Trinajstić information content (AvgIpc) is 2.90. The number of halogens is 1. The van der Waals surface area contributed by atoms with E-state index < -0.39 is 0 Å². The van der Waals surface area contributed by atoms with Crippen LogP contribution in [0.5, 0.6) is 0 Å². The van der Waals surface area contributed by atoms with Crippen LogP contribution in [0.15, 0.2) is 46.5 Å². The van der Waals surface area contributed by atoms with Gasteiger partial charge in [0.15, 0.2) is 0 Å². The van der Waals surface area contributed by atoms with Crippen molar-refractivity contribution in [2.75, 3.05) is 5.32 Å². The Balaban J connectivity index is 1.94. The fraction of sp³-hybridized carbons (Fsp3) is 0.0769. The minimum absolute atomic E-state index is 0.705. The fourth-order valence-electron chi connectivity index (χ4n) is 1.81. The van der Waals surface area contributed by atoms with Crippen LogP contribution in [0.2, 0.25) is 0 Å². The molecule has 0 saturated carbocycles. The third kappa shape index (κ3) is 2.23. The van der Waals surface area contributed by atoms with E-state index in [0.29, 0.717) is 6.54 Å². The Morgan fingerprint density at radius 2 is 2.06 bits per heavy atom. The molecule has 18 heavy (non-hydrogen) atoms. The number of benzene rings is 1. The van der Waals surface area contributed by atoms with Crippen LogP contribution < -0.4 is 5.32 Å². The highest BCUT2D eigenvalue weighted by Crippen LogP contribution is 2.27. The quantitative estimate of drug-likeness (QED) is 0.790. The van der Waals surface area contributed by atoms with Crippen LogP contribution in [0.25, 0.3) is 10.8 Å². The Morgan fingerprint density at radius 1 is 1.11 bits per heavy atom. The van der Waals surface area contributed by atoms with Crippen molar-refractivity contribution < 1.29 is 0 Å². The molecule has 0 spiro atoms. The lowest BCUT2D eigenvalue weighted by molar-refractivity contribution is 1.08. The van der Waals surface area contributed by atoms with E-state index in [0.717, 1.165) is 26.1 Å². The molecule has 0 aliphatic carbocycles. The maximum Gasteiger partial charge on any atom is 0.134 e. The zero-order valence-electron chi connectivity index (χ0n) is 9.43. The average molecular weight is 320 g/mol. The number of anilines is 1. The normalized spacial score (nSPS) is 10.7. The first-order valence-electron chi connectivity index (χ1n) is 5.50. The number of hydrogen-bond donors (Lipinski definition) is 1. The van der Waals surface area contributed by atoms with Gasteiger partial charge >= 0.3 is 0 Å². The van der Waals surface area contributed by atoms with Crippen molar-refractivity contribution in [3.8, 4) is 0 Å². The molecule has 0 atom stereocenters. The lowest BCUT2D eigenvalue weighted by Crippen LogP contribution is -2.01. The zero-order valence-corrected chi connectivity index (χ0v) is 11.8. The van der Waals surface area contributed by atoms with Crippen molar-refractivity contribution in [3.05, 3.63) is 51.5 Å². The molecule has 0 radical (unpaired) electrons. The molecule has 0 saturated heterocycles. The summed E-state index contributed by atoms with van der Waals surface area (Å²) >= 11 is 5.20. The fourth-order valence-corrected chi connectivity index (χ4v) is 2.86. The third-order valence-corrected chi connectivity index (χ3v) is 4.11. The zero-order chi connectivity index (χ0) is 12.4. The van der Waals surface area contributed by atoms with E-state index in [1.807, 2.05) is 36.0 Å². The molecule has 2 aromatic heterocycles. The Labute approximate surface area is 117 Å². The predicted molar refractivity (Wildman–Crippen MR) is 78.9 cm³/mol. The molecule has 3 nitrogen and oxygen atoms in total. The first-order chi connectivity index (χ1) is 8.84. The van der Waals surface area contributed by atoms with Gasteiger partial charge in [-0.05, 0) is 12.1 Å². The smallest absolute Gasteiger partial charge is 0.134 e. The number of hydrogen-bond acceptors (Lipinski definition) is 4. The first-order valence-corrected chi connectivity index (χ1v) is 7.17. The molecular weight excluding hydrogens is 310 g/mol. The number of thiazole rings is 1. The summed E-state index contributed by atoms with van der Waals surface area (Å²) in [4.78, 5) is 8.64. The lowest BCUT2D eigenvalue weighted by Gasteiger charge is -2.08. The summed E-state index contributed by atoms with van der Waals surface area (Å²) in [5, 5.41) is 8.64. The van der Waals surface area contributed by atoms with Crippen LogP contribution in [0.4, 0.5) is 5.82 Å². The lowest BCUT2D eigenvalue weighted by atomic mass is 10.1. The summed E-state index contributed by atoms with van der Waals surface area (Å²) in [6.07, 6.45) is 3.63. The number of fused-ring (bicyclic) bond motifs is 1. The highest BCUT2D eigenvalue weighted by Gasteiger charge is 2.04. The molecule has 3 rings (SSSR count). The van der Waals surface area contributed by atoms with Gasteiger partial charge in [-0.1, -0.05) is 28.1 Å². The minimum Gasteiger partial charge on any atom is -0.363 e. The van der Waals surface area contributed by atoms with Crippen molar-refractivity contribution in [2.24, 2.45) is 0 Å². The van der Waals surface area contributed by atoms with E-state index >= 15 is 0 Å². The number of nitrogens with one attached hydrogen (secondary N) is 1. The summed E-state index contributed by atoms with van der Waals surface area (Å²) in [6.45, 7) is 0.705. The molecule has 0 aliphatic heterocycles. The van der Waals surface area contributed by atoms with Crippen LogP contribution in [-0.4, -0.2) is 9.97 Å². The molecule has 2 heterocycles. The second-order valence-electron chi connectivity index (χ2n) is 3.77. The van der Waals surface area contributed by atoms with Gasteiger partial charge in [0.1, 0.15) is 10.8 Å². The molecule has 90 valence electrons. The van der Waals surface area contributed by atoms with Gasteiger partial charge in [0.25, 0.3) is 0 Å². The van der Waals surface area contributed by atoms with Crippen LogP contribution in [0, 0.1) is 0 Å². The summed E-state index contributed by atoms with van der Waals surface area (Å²) < 4.78 is 1.08. The monoisotopic (exact) mass is 319 g/mol. The standard InChI is InChI=1S/C13H10BrN3S/c14-11-3-1-2-10-9(11)4-5-16-13(10)17-8-12-15-6-7-18-12/h1-7H,8H2,(H,16,17). The molecule has 0 bridgehead atoms. The van der Waals surface area contributed by atoms with E-state index in [1.165, 1.54) is 0 Å². The molecule has 0 unspecified atom stereocenters. The minimum atomic E-state index is 0.705. The molecule has 0 aliphatic rings. The number of rotatable bonds is 3. The Hall–Kier alpha value is -1.46. The van der Waals surface area contributed by atoms with Crippen LogP contribution >= 0.6 is 27.3 Å². The van der Waals surface area contributed by atoms with Crippen molar-refractivity contribution >= 4 is 43.9 Å². The molecule has 3 aromatic rings. The summed E-state index contributed by atoms with van der Waals surface area (Å²) in [6, 6.07) is 8.13. The second kappa shape index (κ2) is 5.04. The largest absolute Gasteiger partial charge is 0.363 e. The van der Waals surface area contributed by atoms with E-state index in [9.17, 15) is 0 Å². The maximum atomic E-state index is 4.39. The second-order valence-corrected chi connectivity index (χ2v) is 5.61. The number of nitrogens with zero attached hydrogens (tertiary/aromatic N) is 2. The van der Waals surface area contributed by atoms with Gasteiger partial charge in [-0.25, -0.2) is 9.97 Å². The van der Waals surface area contributed by atoms with E-state index in [1.54, 1.807) is 11.3 Å². The molecular formula is C13H10BrN3S. The van der Waals surface area contributed by atoms with Gasteiger partial charge in [-0.2, -0.15) is 0 Å². The van der Waals surface area contributed by atoms with Gasteiger partial charge in [-0.15, -0.1) is 11.3 Å². The Bertz CT molecular complexity index is 667. The number of pyridine rings is 1. The SMILES string of the molecule is Brc1cccc2c(NCc3nccs3)nccc12. The Kier molecular flexibility index (Phi) is 3.25. The van der Waals surface area contributed by atoms with Crippen molar-refractivity contribution in [3.63, 3.8) is 0 Å². The molecule has 0 amide bonds. The molecule has 5 heteroatoms. The highest BCUT2D eigenvalue weighted by atomic mass is 79.9. The maximum absolute atomic E-state index is 4.39. The van der Waals surface area contributed by atoms with Gasteiger partial charge < -0.3 is 5.32 Å². The van der Waals surface area contributed by atoms with Crippen LogP contribution in [-0.2, 0) is 6.54 Å². The van der Waals surface area contributed by atoms with Crippen molar-refractivity contribution in [2.45, 2.75) is 6.54 Å². The Morgan fingerprint density at radius 3 is 2.89 bits per heavy atom. The highest BCUT2D eigenvalue weighted by molar-refractivity contribution is 9.10. The van der Waals surface area contributed by atoms with Gasteiger partial charge in [0.05, 0.1) is 6.54 Å². The predicted octanol–water partition coefficient (Wildman–Crippen LogP) is 4.07. The van der Waals surface area contributed by atoms with Gasteiger partial charge in [-0.3, -0.25) is 0 Å². The van der Waals surface area contributed by atoms with Crippen LogP contribution in [0.3, 0.4) is 0 Å². The molecule has 0 fully saturated rings. The van der Waals surface area contributed by atoms with E-state index in [4.69, 9.17) is 0 Å². The van der Waals surface area contributed by atoms with E-state index in [-0.39, 0.29) is 0 Å². The third-order valence-electron chi connectivity index (χ3n) is 2.64. The topological polar surface area (TPSA) is 37.8 Å². The van der Waals surface area contributed by atoms with Crippen molar-refractivity contribution in [1.82, 2.24) is 9.97 Å². The summed E-state index contributed by atoms with van der Waals surface area (Å²) in [5.74, 6) is 0.893. The van der Waals surface area contributed by atoms with E-state index in [2.05, 4.69) is 37.3 Å². The van der Waals surface area contributed by atoms with Gasteiger partial charge in [0, 0.05) is 33.0 Å². The summed E-state index contributed by atoms with van der Waals surface area (Å²) in [7, 11) is 0. The molecule has 1 aromatic carbocycles. The summed E-state index contributed by atoms with van der Waals surface area (Å²) in [5.41, 5.74) is 0. The van der Waals surface area contributed by atoms with Crippen molar-refractivity contribution in [1.29, 1.82) is 0 Å². The first kappa shape index (κ1) is 11.6. The van der Waals surface area contributed by atoms with Crippen LogP contribution in [0.1, 0.15) is 5.01 Å².